The van der Waals surface area contributed by atoms with Gasteiger partial charge in [0, 0.05) is 38.8 Å². The van der Waals surface area contributed by atoms with Gasteiger partial charge in [-0.25, -0.2) is 0 Å². The third kappa shape index (κ3) is 3.90. The largest absolute Gasteiger partial charge is 0.375 e. The zero-order valence-corrected chi connectivity index (χ0v) is 12.4. The lowest BCUT2D eigenvalue weighted by atomic mass is 10.1. The van der Waals surface area contributed by atoms with Crippen LogP contribution in [0.5, 0.6) is 0 Å². The van der Waals surface area contributed by atoms with Crippen LogP contribution in [0.3, 0.4) is 0 Å². The summed E-state index contributed by atoms with van der Waals surface area (Å²) in [6.45, 7) is 2.72. The smallest absolute Gasteiger partial charge is 0.222 e. The van der Waals surface area contributed by atoms with Crippen molar-refractivity contribution in [1.29, 1.82) is 0 Å². The molecule has 1 aromatic rings. The van der Waals surface area contributed by atoms with Crippen molar-refractivity contribution in [2.75, 3.05) is 37.3 Å². The third-order valence-corrected chi connectivity index (χ3v) is 4.19. The first-order valence-electron chi connectivity index (χ1n) is 6.85. The summed E-state index contributed by atoms with van der Waals surface area (Å²) in [5, 5.41) is 0. The quantitative estimate of drug-likeness (QED) is 0.807. The van der Waals surface area contributed by atoms with Crippen molar-refractivity contribution in [3.05, 3.63) is 30.3 Å². The number of likely N-dealkylation sites (tertiary alicyclic amines) is 1. The first kappa shape index (κ1) is 14.3. The minimum Gasteiger partial charge on any atom is -0.375 e. The van der Waals surface area contributed by atoms with E-state index >= 15 is 0 Å². The highest BCUT2D eigenvalue weighted by atomic mass is 32.1. The monoisotopic (exact) mass is 278 g/mol. The van der Waals surface area contributed by atoms with Crippen molar-refractivity contribution in [1.82, 2.24) is 4.90 Å². The standard InChI is InChI=1S/C15H22N2OS/c1-16(14-6-3-2-4-7-14)8-5-9-17-11-13(12-19)10-15(17)18/h2-4,6-7,13,19H,5,8-12H2,1H3. The molecule has 3 nitrogen and oxygen atoms in total. The molecule has 0 aliphatic carbocycles. The molecule has 0 aromatic heterocycles. The molecule has 2 rings (SSSR count). The summed E-state index contributed by atoms with van der Waals surface area (Å²) in [6.07, 6.45) is 1.69. The van der Waals surface area contributed by atoms with Crippen LogP contribution in [0.4, 0.5) is 5.69 Å². The number of thiol groups is 1. The number of amides is 1. The van der Waals surface area contributed by atoms with Gasteiger partial charge in [-0.05, 0) is 30.2 Å². The number of anilines is 1. The van der Waals surface area contributed by atoms with Crippen LogP contribution in [0, 0.1) is 5.92 Å². The van der Waals surface area contributed by atoms with Crippen molar-refractivity contribution < 1.29 is 4.79 Å². The van der Waals surface area contributed by atoms with E-state index in [-0.39, 0.29) is 0 Å². The number of hydrogen-bond acceptors (Lipinski definition) is 3. The maximum atomic E-state index is 11.8. The van der Waals surface area contributed by atoms with E-state index in [1.54, 1.807) is 0 Å². The van der Waals surface area contributed by atoms with Crippen LogP contribution < -0.4 is 4.90 Å². The lowest BCUT2D eigenvalue weighted by Crippen LogP contribution is -2.29. The summed E-state index contributed by atoms with van der Waals surface area (Å²) in [5.74, 6) is 1.55. The maximum absolute atomic E-state index is 11.8. The predicted octanol–water partition coefficient (Wildman–Crippen LogP) is 2.29. The Morgan fingerprint density at radius 3 is 2.74 bits per heavy atom. The SMILES string of the molecule is CN(CCCN1CC(CS)CC1=O)c1ccccc1. The third-order valence-electron chi connectivity index (χ3n) is 3.67. The molecule has 0 saturated carbocycles. The van der Waals surface area contributed by atoms with Gasteiger partial charge in [-0.2, -0.15) is 12.6 Å². The number of benzene rings is 1. The summed E-state index contributed by atoms with van der Waals surface area (Å²) in [6, 6.07) is 10.3. The van der Waals surface area contributed by atoms with Gasteiger partial charge < -0.3 is 9.80 Å². The second-order valence-electron chi connectivity index (χ2n) is 5.20. The van der Waals surface area contributed by atoms with Crippen molar-refractivity contribution in [3.63, 3.8) is 0 Å². The first-order chi connectivity index (χ1) is 9.20. The fraction of sp³-hybridized carbons (Fsp3) is 0.533. The van der Waals surface area contributed by atoms with Crippen LogP contribution in [0.15, 0.2) is 30.3 Å². The molecule has 1 amide bonds. The lowest BCUT2D eigenvalue weighted by Gasteiger charge is -2.22. The molecule has 1 unspecified atom stereocenters. The fourth-order valence-corrected chi connectivity index (χ4v) is 2.75. The van der Waals surface area contributed by atoms with Crippen molar-refractivity contribution in [2.24, 2.45) is 5.92 Å². The van der Waals surface area contributed by atoms with Gasteiger partial charge in [0.25, 0.3) is 0 Å². The van der Waals surface area contributed by atoms with Crippen molar-refractivity contribution in [3.8, 4) is 0 Å². The van der Waals surface area contributed by atoms with Crippen LogP contribution in [-0.4, -0.2) is 43.2 Å². The highest BCUT2D eigenvalue weighted by Crippen LogP contribution is 2.19. The Labute approximate surface area is 121 Å². The zero-order valence-electron chi connectivity index (χ0n) is 11.5. The molecule has 0 radical (unpaired) electrons. The highest BCUT2D eigenvalue weighted by molar-refractivity contribution is 7.80. The Hall–Kier alpha value is -1.16. The van der Waals surface area contributed by atoms with Crippen LogP contribution in [0.2, 0.25) is 0 Å². The average Bonchev–Trinajstić information content (AvgIpc) is 2.80. The molecule has 1 aromatic carbocycles. The van der Waals surface area contributed by atoms with Crippen LogP contribution in [-0.2, 0) is 4.79 Å². The Morgan fingerprint density at radius 1 is 1.37 bits per heavy atom. The summed E-state index contributed by atoms with van der Waals surface area (Å²) < 4.78 is 0. The van der Waals surface area contributed by atoms with E-state index in [4.69, 9.17) is 0 Å². The second-order valence-corrected chi connectivity index (χ2v) is 5.57. The number of rotatable bonds is 6. The molecule has 1 aliphatic rings. The number of nitrogens with zero attached hydrogens (tertiary/aromatic N) is 2. The van der Waals surface area contributed by atoms with E-state index in [2.05, 4.69) is 36.7 Å². The van der Waals surface area contributed by atoms with Gasteiger partial charge in [0.15, 0.2) is 0 Å². The van der Waals surface area contributed by atoms with E-state index in [9.17, 15) is 4.79 Å². The molecule has 4 heteroatoms. The topological polar surface area (TPSA) is 23.6 Å². The fourth-order valence-electron chi connectivity index (χ4n) is 2.50. The average molecular weight is 278 g/mol. The number of para-hydroxylation sites is 1. The van der Waals surface area contributed by atoms with Crippen molar-refractivity contribution >= 4 is 24.2 Å². The Balaban J connectivity index is 1.74. The van der Waals surface area contributed by atoms with E-state index in [1.165, 1.54) is 5.69 Å². The molecule has 104 valence electrons. The molecular formula is C15H22N2OS. The van der Waals surface area contributed by atoms with Gasteiger partial charge in [0.05, 0.1) is 0 Å². The first-order valence-corrected chi connectivity index (χ1v) is 7.48. The van der Waals surface area contributed by atoms with Crippen molar-refractivity contribution in [2.45, 2.75) is 12.8 Å². The highest BCUT2D eigenvalue weighted by Gasteiger charge is 2.27. The maximum Gasteiger partial charge on any atom is 0.222 e. The summed E-state index contributed by atoms with van der Waals surface area (Å²) in [5.41, 5.74) is 1.23. The molecule has 0 N–H and O–H groups in total. The number of carbonyl (C=O) groups excluding carboxylic acids is 1. The Kier molecular flexibility index (Phi) is 5.14. The van der Waals surface area contributed by atoms with Gasteiger partial charge >= 0.3 is 0 Å². The molecule has 0 spiro atoms. The summed E-state index contributed by atoms with van der Waals surface area (Å²) in [4.78, 5) is 16.0. The molecule has 19 heavy (non-hydrogen) atoms. The Morgan fingerprint density at radius 2 is 2.11 bits per heavy atom. The molecule has 1 heterocycles. The molecule has 1 aliphatic heterocycles. The van der Waals surface area contributed by atoms with Gasteiger partial charge in [0.2, 0.25) is 5.91 Å². The van der Waals surface area contributed by atoms with E-state index < -0.39 is 0 Å². The van der Waals surface area contributed by atoms with Gasteiger partial charge in [0.1, 0.15) is 0 Å². The Bertz CT molecular complexity index is 410. The molecule has 1 saturated heterocycles. The normalized spacial score (nSPS) is 18.9. The number of hydrogen-bond donors (Lipinski definition) is 1. The lowest BCUT2D eigenvalue weighted by molar-refractivity contribution is -0.127. The van der Waals surface area contributed by atoms with Gasteiger partial charge in [-0.15, -0.1) is 0 Å². The minimum absolute atomic E-state index is 0.293. The molecule has 1 atom stereocenters. The molecular weight excluding hydrogens is 256 g/mol. The van der Waals surface area contributed by atoms with Crippen LogP contribution in [0.25, 0.3) is 0 Å². The van der Waals surface area contributed by atoms with Crippen LogP contribution in [0.1, 0.15) is 12.8 Å². The van der Waals surface area contributed by atoms with Gasteiger partial charge in [-0.3, -0.25) is 4.79 Å². The summed E-state index contributed by atoms with van der Waals surface area (Å²) in [7, 11) is 2.09. The van der Waals surface area contributed by atoms with Crippen LogP contribution >= 0.6 is 12.6 Å². The summed E-state index contributed by atoms with van der Waals surface area (Å²) >= 11 is 4.28. The molecule has 1 fully saturated rings. The number of carbonyl (C=O) groups is 1. The minimum atomic E-state index is 0.293. The van der Waals surface area contributed by atoms with E-state index in [1.807, 2.05) is 23.1 Å². The van der Waals surface area contributed by atoms with E-state index in [0.29, 0.717) is 18.2 Å². The van der Waals surface area contributed by atoms with E-state index in [0.717, 1.165) is 31.8 Å². The van der Waals surface area contributed by atoms with Gasteiger partial charge in [-0.1, -0.05) is 18.2 Å². The zero-order chi connectivity index (χ0) is 13.7. The molecule has 0 bridgehead atoms. The predicted molar refractivity (Wildman–Crippen MR) is 82.9 cm³/mol. The second kappa shape index (κ2) is 6.85.